The number of benzene rings is 1. The lowest BCUT2D eigenvalue weighted by molar-refractivity contribution is -0.149. The molecule has 1 aliphatic carbocycles. The van der Waals surface area contributed by atoms with Crippen molar-refractivity contribution in [3.63, 3.8) is 0 Å². The van der Waals surface area contributed by atoms with E-state index in [1.165, 1.54) is 27.7 Å². The van der Waals surface area contributed by atoms with E-state index in [2.05, 4.69) is 5.32 Å². The zero-order valence-corrected chi connectivity index (χ0v) is 15.8. The molecule has 1 aromatic heterocycles. The fourth-order valence-electron chi connectivity index (χ4n) is 4.53. The lowest BCUT2D eigenvalue weighted by Gasteiger charge is -2.23. The molecule has 1 aromatic carbocycles. The Kier molecular flexibility index (Phi) is 4.86. The number of pyridine rings is 1. The van der Waals surface area contributed by atoms with Crippen LogP contribution in [0.4, 0.5) is 14.9 Å². The van der Waals surface area contributed by atoms with Gasteiger partial charge in [-0.3, -0.25) is 9.59 Å². The van der Waals surface area contributed by atoms with Crippen LogP contribution in [0.1, 0.15) is 24.8 Å². The number of aliphatic carboxylic acids is 1. The highest BCUT2D eigenvalue weighted by atomic mass is 19.1. The lowest BCUT2D eigenvalue weighted by Crippen LogP contribution is -2.39. The zero-order valence-electron chi connectivity index (χ0n) is 15.8. The fourth-order valence-corrected chi connectivity index (χ4v) is 4.53. The fraction of sp³-hybridized carbons (Fsp3) is 0.381. The number of nitrogens with zero attached hydrogens (tertiary/aromatic N) is 2. The Morgan fingerprint density at radius 1 is 1.24 bits per heavy atom. The van der Waals surface area contributed by atoms with Crippen molar-refractivity contribution in [1.82, 2.24) is 9.47 Å². The Bertz CT molecular complexity index is 1000. The molecule has 1 aliphatic heterocycles. The Morgan fingerprint density at radius 3 is 2.69 bits per heavy atom. The van der Waals surface area contributed by atoms with Crippen LogP contribution in [-0.2, 0) is 11.3 Å². The minimum atomic E-state index is -0.864. The highest BCUT2D eigenvalue weighted by molar-refractivity contribution is 5.90. The minimum absolute atomic E-state index is 0.0448. The summed E-state index contributed by atoms with van der Waals surface area (Å²) in [6.45, 7) is 0.793. The van der Waals surface area contributed by atoms with Gasteiger partial charge in [0.05, 0.1) is 12.0 Å². The number of fused-ring (bicyclic) bond motifs is 1. The van der Waals surface area contributed by atoms with Crippen molar-refractivity contribution in [3.05, 3.63) is 64.3 Å². The SMILES string of the molecule is O=C(Nc1cccn(Cc2ccc(F)cc2)c1=O)N1C[C@@H]2CCC[C@@]2(C(=O)O)C1. The van der Waals surface area contributed by atoms with Gasteiger partial charge in [0.2, 0.25) is 0 Å². The summed E-state index contributed by atoms with van der Waals surface area (Å²) in [6, 6.07) is 8.56. The Labute approximate surface area is 166 Å². The first-order valence-electron chi connectivity index (χ1n) is 9.62. The van der Waals surface area contributed by atoms with Gasteiger partial charge >= 0.3 is 12.0 Å². The van der Waals surface area contributed by atoms with Crippen molar-refractivity contribution in [2.24, 2.45) is 11.3 Å². The number of rotatable bonds is 4. The summed E-state index contributed by atoms with van der Waals surface area (Å²) in [5.41, 5.74) is -0.358. The van der Waals surface area contributed by atoms with Gasteiger partial charge in [-0.25, -0.2) is 9.18 Å². The topological polar surface area (TPSA) is 91.6 Å². The van der Waals surface area contributed by atoms with Crippen LogP contribution in [0.5, 0.6) is 0 Å². The van der Waals surface area contributed by atoms with E-state index in [1.54, 1.807) is 24.4 Å². The van der Waals surface area contributed by atoms with E-state index in [0.29, 0.717) is 13.0 Å². The number of anilines is 1. The Hall–Kier alpha value is -3.16. The molecule has 2 aliphatic rings. The molecule has 1 saturated carbocycles. The van der Waals surface area contributed by atoms with Crippen LogP contribution in [0.2, 0.25) is 0 Å². The van der Waals surface area contributed by atoms with Crippen molar-refractivity contribution in [2.75, 3.05) is 18.4 Å². The monoisotopic (exact) mass is 399 g/mol. The molecular weight excluding hydrogens is 377 g/mol. The van der Waals surface area contributed by atoms with Crippen LogP contribution >= 0.6 is 0 Å². The molecule has 2 N–H and O–H groups in total. The lowest BCUT2D eigenvalue weighted by atomic mass is 9.81. The van der Waals surface area contributed by atoms with E-state index in [1.807, 2.05) is 0 Å². The Morgan fingerprint density at radius 2 is 2.00 bits per heavy atom. The van der Waals surface area contributed by atoms with Crippen molar-refractivity contribution in [2.45, 2.75) is 25.8 Å². The number of urea groups is 1. The van der Waals surface area contributed by atoms with Gasteiger partial charge in [-0.2, -0.15) is 0 Å². The maximum Gasteiger partial charge on any atom is 0.322 e. The van der Waals surface area contributed by atoms with Gasteiger partial charge in [0.15, 0.2) is 0 Å². The maximum atomic E-state index is 13.1. The molecule has 152 valence electrons. The van der Waals surface area contributed by atoms with Gasteiger partial charge in [-0.15, -0.1) is 0 Å². The van der Waals surface area contributed by atoms with E-state index < -0.39 is 17.4 Å². The van der Waals surface area contributed by atoms with Crippen LogP contribution in [0.25, 0.3) is 0 Å². The molecular formula is C21H22FN3O4. The van der Waals surface area contributed by atoms with Gasteiger partial charge in [0.25, 0.3) is 5.56 Å². The summed E-state index contributed by atoms with van der Waals surface area (Å²) in [6.07, 6.45) is 3.83. The quantitative estimate of drug-likeness (QED) is 0.827. The summed E-state index contributed by atoms with van der Waals surface area (Å²) in [5.74, 6) is -1.25. The normalized spacial score (nSPS) is 23.1. The first-order valence-corrected chi connectivity index (χ1v) is 9.62. The van der Waals surface area contributed by atoms with Gasteiger partial charge in [0.1, 0.15) is 11.5 Å². The number of carboxylic acid groups (broad SMARTS) is 1. The summed E-state index contributed by atoms with van der Waals surface area (Å²) >= 11 is 0. The van der Waals surface area contributed by atoms with Crippen molar-refractivity contribution in [3.8, 4) is 0 Å². The smallest absolute Gasteiger partial charge is 0.322 e. The molecule has 8 heteroatoms. The first-order chi connectivity index (χ1) is 13.9. The van der Waals surface area contributed by atoms with Crippen molar-refractivity contribution >= 4 is 17.7 Å². The molecule has 0 radical (unpaired) electrons. The molecule has 2 heterocycles. The number of carbonyl (C=O) groups excluding carboxylic acids is 1. The summed E-state index contributed by atoms with van der Waals surface area (Å²) < 4.78 is 14.5. The molecule has 0 spiro atoms. The molecule has 4 rings (SSSR count). The first kappa shape index (κ1) is 19.2. The predicted octanol–water partition coefficient (Wildman–Crippen LogP) is 2.75. The number of halogens is 1. The number of hydrogen-bond donors (Lipinski definition) is 2. The molecule has 0 unspecified atom stereocenters. The maximum absolute atomic E-state index is 13.1. The largest absolute Gasteiger partial charge is 0.481 e. The van der Waals surface area contributed by atoms with E-state index in [9.17, 15) is 23.9 Å². The molecule has 0 bridgehead atoms. The highest BCUT2D eigenvalue weighted by Gasteiger charge is 2.55. The van der Waals surface area contributed by atoms with E-state index in [-0.39, 0.29) is 36.1 Å². The molecule has 2 aromatic rings. The van der Waals surface area contributed by atoms with Gasteiger partial charge in [-0.05, 0) is 48.6 Å². The third kappa shape index (κ3) is 3.50. The number of carboxylic acids is 1. The summed E-state index contributed by atoms with van der Waals surface area (Å²) in [5, 5.41) is 12.3. The number of carbonyl (C=O) groups is 2. The van der Waals surface area contributed by atoms with Crippen molar-refractivity contribution < 1.29 is 19.1 Å². The van der Waals surface area contributed by atoms with E-state index in [0.717, 1.165) is 18.4 Å². The number of hydrogen-bond acceptors (Lipinski definition) is 3. The average molecular weight is 399 g/mol. The van der Waals surface area contributed by atoms with E-state index in [4.69, 9.17) is 0 Å². The highest BCUT2D eigenvalue weighted by Crippen LogP contribution is 2.48. The van der Waals surface area contributed by atoms with Gasteiger partial charge in [-0.1, -0.05) is 18.6 Å². The molecule has 7 nitrogen and oxygen atoms in total. The van der Waals surface area contributed by atoms with Gasteiger partial charge < -0.3 is 19.9 Å². The molecule has 29 heavy (non-hydrogen) atoms. The molecule has 1 saturated heterocycles. The molecule has 2 atom stereocenters. The van der Waals surface area contributed by atoms with Gasteiger partial charge in [0, 0.05) is 19.3 Å². The van der Waals surface area contributed by atoms with Crippen molar-refractivity contribution in [1.29, 1.82) is 0 Å². The number of amides is 2. The van der Waals surface area contributed by atoms with Crippen LogP contribution in [0.15, 0.2) is 47.4 Å². The average Bonchev–Trinajstić information content (AvgIpc) is 3.25. The second-order valence-corrected chi connectivity index (χ2v) is 7.84. The third-order valence-corrected chi connectivity index (χ3v) is 6.11. The zero-order chi connectivity index (χ0) is 20.6. The number of nitrogens with one attached hydrogen (secondary N) is 1. The predicted molar refractivity (Wildman–Crippen MR) is 104 cm³/mol. The van der Waals surface area contributed by atoms with Crippen LogP contribution in [0.3, 0.4) is 0 Å². The number of likely N-dealkylation sites (tertiary alicyclic amines) is 1. The van der Waals surface area contributed by atoms with Crippen LogP contribution in [-0.4, -0.2) is 39.7 Å². The second kappa shape index (κ2) is 7.35. The number of aromatic nitrogens is 1. The molecule has 2 amide bonds. The van der Waals surface area contributed by atoms with Crippen LogP contribution in [0, 0.1) is 17.2 Å². The summed E-state index contributed by atoms with van der Waals surface area (Å²) in [4.78, 5) is 38.7. The standard InChI is InChI=1S/C21H22FN3O4/c22-16-7-5-14(6-8-16)11-24-10-2-4-17(18(24)26)23-20(29)25-12-15-3-1-9-21(15,13-25)19(27)28/h2,4-8,10,15H,1,3,9,11-13H2,(H,23,29)(H,27,28)/t15-,21+/m0/s1. The summed E-state index contributed by atoms with van der Waals surface area (Å²) in [7, 11) is 0. The Balaban J connectivity index is 1.48. The second-order valence-electron chi connectivity index (χ2n) is 7.84. The molecule has 2 fully saturated rings. The van der Waals surface area contributed by atoms with Crippen LogP contribution < -0.4 is 10.9 Å². The third-order valence-electron chi connectivity index (χ3n) is 6.11. The minimum Gasteiger partial charge on any atom is -0.481 e. The van der Waals surface area contributed by atoms with E-state index >= 15 is 0 Å².